The van der Waals surface area contributed by atoms with Crippen molar-refractivity contribution in [1.82, 2.24) is 4.98 Å². The van der Waals surface area contributed by atoms with Crippen LogP contribution in [0.25, 0.3) is 10.9 Å². The summed E-state index contributed by atoms with van der Waals surface area (Å²) in [5.74, 6) is 0.827. The van der Waals surface area contributed by atoms with Gasteiger partial charge in [-0.2, -0.15) is 0 Å². The number of rotatable bonds is 2. The lowest BCUT2D eigenvalue weighted by Crippen LogP contribution is -2.41. The average Bonchev–Trinajstić information content (AvgIpc) is 2.67. The van der Waals surface area contributed by atoms with Crippen LogP contribution in [-0.2, 0) is 5.41 Å². The van der Waals surface area contributed by atoms with Gasteiger partial charge in [0.05, 0.1) is 23.9 Å². The minimum Gasteiger partial charge on any atom is -0.493 e. The maximum atomic E-state index is 12.6. The van der Waals surface area contributed by atoms with Crippen molar-refractivity contribution in [2.24, 2.45) is 5.73 Å². The number of carbonyl (C=O) groups excluding carboxylic acids is 1. The van der Waals surface area contributed by atoms with Crippen molar-refractivity contribution in [2.75, 3.05) is 11.5 Å². The van der Waals surface area contributed by atoms with Crippen molar-refractivity contribution >= 4 is 22.6 Å². The Kier molecular flexibility index (Phi) is 4.46. The van der Waals surface area contributed by atoms with Gasteiger partial charge in [-0.05, 0) is 41.3 Å². The van der Waals surface area contributed by atoms with Gasteiger partial charge in [-0.1, -0.05) is 39.0 Å². The van der Waals surface area contributed by atoms with E-state index in [1.54, 1.807) is 11.1 Å². The molecular weight excluding hydrogens is 350 g/mol. The van der Waals surface area contributed by atoms with E-state index in [0.717, 1.165) is 27.9 Å². The fourth-order valence-corrected chi connectivity index (χ4v) is 3.84. The van der Waals surface area contributed by atoms with Crippen LogP contribution >= 0.6 is 0 Å². The molecule has 1 aromatic heterocycles. The summed E-state index contributed by atoms with van der Waals surface area (Å²) in [6.45, 7) is 7.06. The molecule has 2 aromatic carbocycles. The van der Waals surface area contributed by atoms with Crippen molar-refractivity contribution in [2.45, 2.75) is 38.6 Å². The lowest BCUT2D eigenvalue weighted by Gasteiger charge is -2.36. The van der Waals surface area contributed by atoms with Gasteiger partial charge in [0.25, 0.3) is 0 Å². The Bertz CT molecular complexity index is 1030. The lowest BCUT2D eigenvalue weighted by molar-refractivity contribution is 0.240. The van der Waals surface area contributed by atoms with Crippen molar-refractivity contribution in [1.29, 1.82) is 0 Å². The average molecular weight is 375 g/mol. The Morgan fingerprint density at radius 3 is 2.75 bits per heavy atom. The molecule has 2 heterocycles. The summed E-state index contributed by atoms with van der Waals surface area (Å²) in [4.78, 5) is 18.7. The van der Waals surface area contributed by atoms with E-state index in [1.807, 2.05) is 30.3 Å². The molecule has 0 saturated heterocycles. The zero-order valence-corrected chi connectivity index (χ0v) is 16.5. The Labute approximate surface area is 165 Å². The number of amides is 2. The zero-order valence-electron chi connectivity index (χ0n) is 16.5. The molecule has 4 rings (SSSR count). The van der Waals surface area contributed by atoms with Crippen LogP contribution in [0.5, 0.6) is 5.75 Å². The predicted octanol–water partition coefficient (Wildman–Crippen LogP) is 4.94. The number of hydrogen-bond acceptors (Lipinski definition) is 3. The summed E-state index contributed by atoms with van der Waals surface area (Å²) in [7, 11) is 0. The summed E-state index contributed by atoms with van der Waals surface area (Å²) < 4.78 is 5.95. The number of pyridine rings is 1. The number of nitrogens with zero attached hydrogens (tertiary/aromatic N) is 2. The summed E-state index contributed by atoms with van der Waals surface area (Å²) in [5, 5.41) is 0.906. The van der Waals surface area contributed by atoms with Crippen molar-refractivity contribution in [3.63, 3.8) is 0 Å². The molecule has 0 spiro atoms. The number of nitrogens with two attached hydrogens (primary N) is 1. The van der Waals surface area contributed by atoms with Crippen LogP contribution < -0.4 is 15.4 Å². The number of hydrogen-bond donors (Lipinski definition) is 1. The normalized spacial score (nSPS) is 16.3. The summed E-state index contributed by atoms with van der Waals surface area (Å²) >= 11 is 0. The van der Waals surface area contributed by atoms with Crippen molar-refractivity contribution < 1.29 is 9.53 Å². The van der Waals surface area contributed by atoms with E-state index in [0.29, 0.717) is 13.0 Å². The first-order valence-corrected chi connectivity index (χ1v) is 9.56. The largest absolute Gasteiger partial charge is 0.493 e. The minimum absolute atomic E-state index is 0.0238. The molecule has 0 bridgehead atoms. The molecule has 0 saturated carbocycles. The van der Waals surface area contributed by atoms with Crippen LogP contribution in [0.2, 0.25) is 0 Å². The molecule has 0 aliphatic carbocycles. The number of anilines is 1. The fraction of sp³-hybridized carbons (Fsp3) is 0.304. The van der Waals surface area contributed by atoms with Gasteiger partial charge in [-0.25, -0.2) is 4.79 Å². The van der Waals surface area contributed by atoms with Gasteiger partial charge in [-0.15, -0.1) is 0 Å². The van der Waals surface area contributed by atoms with E-state index < -0.39 is 6.03 Å². The molecule has 2 amide bonds. The molecule has 3 aromatic rings. The van der Waals surface area contributed by atoms with Crippen LogP contribution in [0.3, 0.4) is 0 Å². The molecule has 0 fully saturated rings. The van der Waals surface area contributed by atoms with E-state index in [4.69, 9.17) is 10.5 Å². The first-order chi connectivity index (χ1) is 13.4. The van der Waals surface area contributed by atoms with Crippen LogP contribution in [0.15, 0.2) is 54.7 Å². The Balaban J connectivity index is 1.84. The Morgan fingerprint density at radius 1 is 1.18 bits per heavy atom. The van der Waals surface area contributed by atoms with Gasteiger partial charge in [0.15, 0.2) is 0 Å². The van der Waals surface area contributed by atoms with Crippen LogP contribution in [0, 0.1) is 0 Å². The highest BCUT2D eigenvalue weighted by Gasteiger charge is 2.32. The SMILES string of the molecule is CC(C)(C)c1ccc2c(c1)OCCC2N(C(N)=O)c1cccc2ncccc12. The number of benzene rings is 2. The quantitative estimate of drug-likeness (QED) is 0.690. The van der Waals surface area contributed by atoms with E-state index in [-0.39, 0.29) is 11.5 Å². The van der Waals surface area contributed by atoms with E-state index >= 15 is 0 Å². The number of urea groups is 1. The molecule has 0 radical (unpaired) electrons. The number of carbonyl (C=O) groups is 1. The molecule has 28 heavy (non-hydrogen) atoms. The van der Waals surface area contributed by atoms with Gasteiger partial charge in [0.2, 0.25) is 0 Å². The maximum Gasteiger partial charge on any atom is 0.319 e. The third-order valence-electron chi connectivity index (χ3n) is 5.32. The number of primary amides is 1. The second-order valence-electron chi connectivity index (χ2n) is 8.21. The number of aromatic nitrogens is 1. The summed E-state index contributed by atoms with van der Waals surface area (Å²) in [6.07, 6.45) is 2.43. The standard InChI is InChI=1S/C23H25N3O2/c1-23(2,3)15-9-10-17-20(11-13-28-21(17)14-15)26(22(24)27)19-8-4-7-18-16(19)6-5-12-25-18/h4-10,12,14,20H,11,13H2,1-3H3,(H2,24,27). The number of ether oxygens (including phenoxy) is 1. The van der Waals surface area contributed by atoms with Crippen molar-refractivity contribution in [3.05, 3.63) is 65.9 Å². The maximum absolute atomic E-state index is 12.6. The molecule has 5 heteroatoms. The molecule has 1 aliphatic heterocycles. The second kappa shape index (κ2) is 6.82. The van der Waals surface area contributed by atoms with Crippen molar-refractivity contribution in [3.8, 4) is 5.75 Å². The summed E-state index contributed by atoms with van der Waals surface area (Å²) in [6, 6.07) is 15.2. The Morgan fingerprint density at radius 2 is 2.00 bits per heavy atom. The fourth-order valence-electron chi connectivity index (χ4n) is 3.84. The van der Waals surface area contributed by atoms with Gasteiger partial charge in [-0.3, -0.25) is 9.88 Å². The number of fused-ring (bicyclic) bond motifs is 2. The van der Waals surface area contributed by atoms with Gasteiger partial charge in [0.1, 0.15) is 5.75 Å². The van der Waals surface area contributed by atoms with E-state index in [9.17, 15) is 4.79 Å². The predicted molar refractivity (Wildman–Crippen MR) is 112 cm³/mol. The second-order valence-corrected chi connectivity index (χ2v) is 8.21. The molecular formula is C23H25N3O2. The molecule has 5 nitrogen and oxygen atoms in total. The minimum atomic E-state index is -0.478. The third-order valence-corrected chi connectivity index (χ3v) is 5.32. The lowest BCUT2D eigenvalue weighted by atomic mass is 9.85. The van der Waals surface area contributed by atoms with Gasteiger partial charge in [0, 0.05) is 23.6 Å². The van der Waals surface area contributed by atoms with Crippen LogP contribution in [0.1, 0.15) is 44.4 Å². The summed E-state index contributed by atoms with van der Waals surface area (Å²) in [5.41, 5.74) is 9.69. The molecule has 1 unspecified atom stereocenters. The molecule has 144 valence electrons. The van der Waals surface area contributed by atoms with Crippen LogP contribution in [-0.4, -0.2) is 17.6 Å². The smallest absolute Gasteiger partial charge is 0.319 e. The van der Waals surface area contributed by atoms with Gasteiger partial charge < -0.3 is 10.5 Å². The third kappa shape index (κ3) is 3.17. The molecule has 2 N–H and O–H groups in total. The van der Waals surface area contributed by atoms with E-state index in [1.165, 1.54) is 5.56 Å². The van der Waals surface area contributed by atoms with E-state index in [2.05, 4.69) is 44.0 Å². The first kappa shape index (κ1) is 18.3. The highest BCUT2D eigenvalue weighted by Crippen LogP contribution is 2.41. The van der Waals surface area contributed by atoms with Crippen LogP contribution in [0.4, 0.5) is 10.5 Å². The zero-order chi connectivity index (χ0) is 19.9. The Hall–Kier alpha value is -3.08. The molecule has 1 aliphatic rings. The topological polar surface area (TPSA) is 68.5 Å². The highest BCUT2D eigenvalue weighted by atomic mass is 16.5. The molecule has 1 atom stereocenters. The first-order valence-electron chi connectivity index (χ1n) is 9.56. The van der Waals surface area contributed by atoms with Gasteiger partial charge >= 0.3 is 6.03 Å². The highest BCUT2D eigenvalue weighted by molar-refractivity contribution is 6.02. The monoisotopic (exact) mass is 375 g/mol.